The highest BCUT2D eigenvalue weighted by atomic mass is 79.9. The number of hydrogen-bond donors (Lipinski definition) is 0. The minimum atomic E-state index is 0.241. The Balaban J connectivity index is 1.86. The van der Waals surface area contributed by atoms with E-state index in [1.165, 1.54) is 5.39 Å². The van der Waals surface area contributed by atoms with E-state index in [4.69, 9.17) is 4.42 Å². The number of benzene rings is 1. The zero-order valence-electron chi connectivity index (χ0n) is 9.71. The van der Waals surface area contributed by atoms with Crippen LogP contribution in [-0.2, 0) is 6.42 Å². The van der Waals surface area contributed by atoms with Crippen molar-refractivity contribution in [2.24, 2.45) is 0 Å². The predicted octanol–water partition coefficient (Wildman–Crippen LogP) is 4.51. The fourth-order valence-corrected chi connectivity index (χ4v) is 2.57. The Kier molecular flexibility index (Phi) is 3.15. The summed E-state index contributed by atoms with van der Waals surface area (Å²) < 4.78 is 5.09. The highest BCUT2D eigenvalue weighted by Gasteiger charge is 2.10. The first-order valence-electron chi connectivity index (χ1n) is 5.84. The Morgan fingerprint density at radius 3 is 2.83 bits per heavy atom. The van der Waals surface area contributed by atoms with E-state index < -0.39 is 0 Å². The number of alkyl halides is 1. The lowest BCUT2D eigenvalue weighted by Crippen LogP contribution is -1.96. The predicted molar refractivity (Wildman–Crippen MR) is 75.8 cm³/mol. The van der Waals surface area contributed by atoms with Gasteiger partial charge in [0, 0.05) is 27.9 Å². The molecule has 3 aromatic rings. The quantitative estimate of drug-likeness (QED) is 0.665. The van der Waals surface area contributed by atoms with Crippen molar-refractivity contribution in [3.63, 3.8) is 0 Å². The second-order valence-corrected chi connectivity index (χ2v) is 5.33. The molecule has 3 heteroatoms. The second kappa shape index (κ2) is 4.94. The van der Waals surface area contributed by atoms with Crippen LogP contribution in [0.3, 0.4) is 0 Å². The van der Waals surface area contributed by atoms with Crippen molar-refractivity contribution in [3.8, 4) is 0 Å². The molecule has 90 valence electrons. The fourth-order valence-electron chi connectivity index (χ4n) is 1.98. The molecule has 0 aliphatic heterocycles. The van der Waals surface area contributed by atoms with Gasteiger partial charge in [0.25, 0.3) is 0 Å². The lowest BCUT2D eigenvalue weighted by Gasteiger charge is -2.07. The molecule has 0 aliphatic carbocycles. The molecule has 0 fully saturated rings. The molecular weight excluding hydrogens is 290 g/mol. The molecule has 1 unspecified atom stereocenters. The van der Waals surface area contributed by atoms with Gasteiger partial charge in [-0.05, 0) is 18.2 Å². The van der Waals surface area contributed by atoms with Gasteiger partial charge in [-0.15, -0.1) is 0 Å². The number of rotatable bonds is 3. The average molecular weight is 302 g/mol. The highest BCUT2D eigenvalue weighted by molar-refractivity contribution is 9.09. The Morgan fingerprint density at radius 2 is 2.00 bits per heavy atom. The van der Waals surface area contributed by atoms with Crippen LogP contribution in [0.2, 0.25) is 0 Å². The van der Waals surface area contributed by atoms with Crippen LogP contribution in [0, 0.1) is 0 Å². The largest absolute Gasteiger partial charge is 0.472 e. The van der Waals surface area contributed by atoms with Crippen molar-refractivity contribution in [2.75, 3.05) is 0 Å². The van der Waals surface area contributed by atoms with Crippen LogP contribution in [-0.4, -0.2) is 4.98 Å². The summed E-state index contributed by atoms with van der Waals surface area (Å²) in [4.78, 5) is 4.91. The first-order chi connectivity index (χ1) is 8.83. The maximum atomic E-state index is 5.09. The molecule has 3 rings (SSSR count). The van der Waals surface area contributed by atoms with Gasteiger partial charge < -0.3 is 4.42 Å². The molecule has 0 saturated heterocycles. The Labute approximate surface area is 114 Å². The molecule has 1 aromatic carbocycles. The summed E-state index contributed by atoms with van der Waals surface area (Å²) in [6, 6.07) is 14.3. The van der Waals surface area contributed by atoms with E-state index in [2.05, 4.69) is 39.1 Å². The van der Waals surface area contributed by atoms with Crippen LogP contribution in [0.5, 0.6) is 0 Å². The standard InChI is InChI=1S/C15H12BrNO/c16-14(12-7-8-18-10-12)9-13-6-5-11-3-1-2-4-15(11)17-13/h1-8,10,14H,9H2. The van der Waals surface area contributed by atoms with Crippen LogP contribution >= 0.6 is 15.9 Å². The molecule has 0 N–H and O–H groups in total. The summed E-state index contributed by atoms with van der Waals surface area (Å²) >= 11 is 3.67. The molecule has 1 atom stereocenters. The van der Waals surface area contributed by atoms with Gasteiger partial charge in [0.05, 0.1) is 18.0 Å². The van der Waals surface area contributed by atoms with E-state index in [0.29, 0.717) is 0 Å². The number of nitrogens with zero attached hydrogens (tertiary/aromatic N) is 1. The third-order valence-electron chi connectivity index (χ3n) is 2.95. The molecule has 0 saturated carbocycles. The van der Waals surface area contributed by atoms with E-state index in [-0.39, 0.29) is 4.83 Å². The minimum Gasteiger partial charge on any atom is -0.472 e. The van der Waals surface area contributed by atoms with Crippen LogP contribution in [0.15, 0.2) is 59.4 Å². The third-order valence-corrected chi connectivity index (χ3v) is 3.80. The summed E-state index contributed by atoms with van der Waals surface area (Å²) in [6.07, 6.45) is 4.31. The average Bonchev–Trinajstić information content (AvgIpc) is 2.92. The zero-order valence-corrected chi connectivity index (χ0v) is 11.3. The van der Waals surface area contributed by atoms with Gasteiger partial charge in [0.2, 0.25) is 0 Å². The first-order valence-corrected chi connectivity index (χ1v) is 6.75. The number of aromatic nitrogens is 1. The molecule has 2 nitrogen and oxygen atoms in total. The third kappa shape index (κ3) is 2.31. The maximum absolute atomic E-state index is 5.09. The normalized spacial score (nSPS) is 12.7. The van der Waals surface area contributed by atoms with Crippen molar-refractivity contribution in [2.45, 2.75) is 11.2 Å². The minimum absolute atomic E-state index is 0.241. The summed E-state index contributed by atoms with van der Waals surface area (Å²) in [6.45, 7) is 0. The van der Waals surface area contributed by atoms with E-state index in [9.17, 15) is 0 Å². The first kappa shape index (κ1) is 11.5. The van der Waals surface area contributed by atoms with Crippen molar-refractivity contribution in [1.29, 1.82) is 0 Å². The molecule has 0 amide bonds. The molecule has 0 bridgehead atoms. The number of fused-ring (bicyclic) bond motifs is 1. The Hall–Kier alpha value is -1.61. The Morgan fingerprint density at radius 1 is 1.11 bits per heavy atom. The molecule has 18 heavy (non-hydrogen) atoms. The van der Waals surface area contributed by atoms with Crippen molar-refractivity contribution in [3.05, 3.63) is 66.2 Å². The van der Waals surface area contributed by atoms with Gasteiger partial charge in [0.15, 0.2) is 0 Å². The van der Waals surface area contributed by atoms with Gasteiger partial charge in [-0.3, -0.25) is 4.98 Å². The van der Waals surface area contributed by atoms with Crippen LogP contribution in [0.4, 0.5) is 0 Å². The molecule has 0 spiro atoms. The topological polar surface area (TPSA) is 26.0 Å². The molecule has 0 radical (unpaired) electrons. The van der Waals surface area contributed by atoms with Gasteiger partial charge in [-0.25, -0.2) is 0 Å². The van der Waals surface area contributed by atoms with Gasteiger partial charge in [-0.2, -0.15) is 0 Å². The monoisotopic (exact) mass is 301 g/mol. The number of hydrogen-bond acceptors (Lipinski definition) is 2. The lowest BCUT2D eigenvalue weighted by atomic mass is 10.1. The number of furan rings is 1. The second-order valence-electron chi connectivity index (χ2n) is 4.22. The van der Waals surface area contributed by atoms with Gasteiger partial charge in [-0.1, -0.05) is 40.2 Å². The highest BCUT2D eigenvalue weighted by Crippen LogP contribution is 2.27. The van der Waals surface area contributed by atoms with Crippen LogP contribution in [0.1, 0.15) is 16.1 Å². The van der Waals surface area contributed by atoms with Crippen molar-refractivity contribution in [1.82, 2.24) is 4.98 Å². The van der Waals surface area contributed by atoms with Gasteiger partial charge in [0.1, 0.15) is 0 Å². The van der Waals surface area contributed by atoms with E-state index >= 15 is 0 Å². The maximum Gasteiger partial charge on any atom is 0.0946 e. The Bertz CT molecular complexity index is 648. The van der Waals surface area contributed by atoms with E-state index in [0.717, 1.165) is 23.2 Å². The molecule has 2 heterocycles. The number of pyridine rings is 1. The molecule has 0 aliphatic rings. The SMILES string of the molecule is BrC(Cc1ccc2ccccc2n1)c1ccoc1. The van der Waals surface area contributed by atoms with Crippen molar-refractivity contribution < 1.29 is 4.42 Å². The van der Waals surface area contributed by atoms with Crippen LogP contribution < -0.4 is 0 Å². The molecule has 2 aromatic heterocycles. The zero-order chi connectivity index (χ0) is 12.4. The number of halogens is 1. The smallest absolute Gasteiger partial charge is 0.0946 e. The van der Waals surface area contributed by atoms with E-state index in [1.54, 1.807) is 12.5 Å². The lowest BCUT2D eigenvalue weighted by molar-refractivity contribution is 0.563. The van der Waals surface area contributed by atoms with E-state index in [1.807, 2.05) is 24.3 Å². The summed E-state index contributed by atoms with van der Waals surface area (Å²) in [7, 11) is 0. The van der Waals surface area contributed by atoms with Crippen molar-refractivity contribution >= 4 is 26.8 Å². The summed E-state index contributed by atoms with van der Waals surface area (Å²) in [5.74, 6) is 0. The molecular formula is C15H12BrNO. The van der Waals surface area contributed by atoms with Gasteiger partial charge >= 0.3 is 0 Å². The summed E-state index contributed by atoms with van der Waals surface area (Å²) in [5.41, 5.74) is 3.27. The summed E-state index contributed by atoms with van der Waals surface area (Å²) in [5, 5.41) is 1.18. The van der Waals surface area contributed by atoms with Crippen LogP contribution in [0.25, 0.3) is 10.9 Å². The number of para-hydroxylation sites is 1. The fraction of sp³-hybridized carbons (Fsp3) is 0.133.